The molecule has 1 aliphatic carbocycles. The molecule has 3 atom stereocenters. The largest absolute Gasteiger partial charge is 0.454 e. The van der Waals surface area contributed by atoms with Crippen LogP contribution in [0.2, 0.25) is 5.02 Å². The van der Waals surface area contributed by atoms with Gasteiger partial charge in [-0.1, -0.05) is 41.9 Å². The molecular weight excluding hydrogens is 470 g/mol. The summed E-state index contributed by atoms with van der Waals surface area (Å²) < 4.78 is 10.9. The van der Waals surface area contributed by atoms with Crippen molar-refractivity contribution in [3.05, 3.63) is 98.7 Å². The number of anilines is 2. The van der Waals surface area contributed by atoms with Crippen molar-refractivity contribution in [2.24, 2.45) is 5.92 Å². The van der Waals surface area contributed by atoms with Crippen LogP contribution < -0.4 is 20.1 Å². The van der Waals surface area contributed by atoms with Crippen LogP contribution in [0.25, 0.3) is 0 Å². The van der Waals surface area contributed by atoms with Gasteiger partial charge in [0, 0.05) is 23.1 Å². The lowest BCUT2D eigenvalue weighted by Gasteiger charge is -2.32. The first-order valence-electron chi connectivity index (χ1n) is 11.2. The molecule has 176 valence electrons. The van der Waals surface area contributed by atoms with Crippen molar-refractivity contribution in [3.63, 3.8) is 0 Å². The van der Waals surface area contributed by atoms with E-state index in [-0.39, 0.29) is 30.6 Å². The maximum Gasteiger partial charge on any atom is 0.278 e. The summed E-state index contributed by atoms with van der Waals surface area (Å²) in [6, 6.07) is 17.3. The molecule has 0 saturated carbocycles. The standard InChI is InChI=1S/C26H20ClN3O5/c27-16-7-5-14(6-8-16)15-9-20-25(22(31)10-15)26(29-19-4-2-1-3-18(19)28-20)17-11-23-24(35-13-34-23)12-21(17)30(32)33/h1-9,11-12,15,25-26,28-29H,10,13H2. The van der Waals surface area contributed by atoms with E-state index < -0.39 is 16.9 Å². The van der Waals surface area contributed by atoms with Crippen molar-refractivity contribution in [1.29, 1.82) is 0 Å². The molecule has 0 saturated heterocycles. The number of benzene rings is 3. The highest BCUT2D eigenvalue weighted by Crippen LogP contribution is 2.48. The van der Waals surface area contributed by atoms with Crippen LogP contribution in [0.3, 0.4) is 0 Å². The number of hydrogen-bond donors (Lipinski definition) is 2. The number of nitrogens with one attached hydrogen (secondary N) is 2. The van der Waals surface area contributed by atoms with Crippen molar-refractivity contribution in [3.8, 4) is 11.5 Å². The number of carbonyl (C=O) groups excluding carboxylic acids is 1. The molecule has 3 aromatic carbocycles. The van der Waals surface area contributed by atoms with E-state index in [0.717, 1.165) is 16.9 Å². The molecule has 2 aliphatic heterocycles. The summed E-state index contributed by atoms with van der Waals surface area (Å²) in [5, 5.41) is 19.5. The van der Waals surface area contributed by atoms with Gasteiger partial charge in [-0.05, 0) is 35.9 Å². The summed E-state index contributed by atoms with van der Waals surface area (Å²) in [5.41, 5.74) is 3.46. The van der Waals surface area contributed by atoms with Crippen molar-refractivity contribution in [2.75, 3.05) is 17.4 Å². The maximum atomic E-state index is 13.7. The van der Waals surface area contributed by atoms with E-state index in [9.17, 15) is 14.9 Å². The first kappa shape index (κ1) is 21.5. The normalized spacial score (nSPS) is 22.1. The second kappa shape index (κ2) is 8.32. The zero-order valence-electron chi connectivity index (χ0n) is 18.4. The Balaban J connectivity index is 1.51. The molecule has 0 spiro atoms. The van der Waals surface area contributed by atoms with Gasteiger partial charge < -0.3 is 20.1 Å². The van der Waals surface area contributed by atoms with Crippen LogP contribution in [0.5, 0.6) is 11.5 Å². The van der Waals surface area contributed by atoms with Crippen LogP contribution in [0.1, 0.15) is 29.5 Å². The Kier molecular flexibility index (Phi) is 5.11. The molecular formula is C26H20ClN3O5. The minimum atomic E-state index is -0.689. The number of halogens is 1. The van der Waals surface area contributed by atoms with Gasteiger partial charge in [0.05, 0.1) is 39.9 Å². The van der Waals surface area contributed by atoms with E-state index >= 15 is 0 Å². The predicted octanol–water partition coefficient (Wildman–Crippen LogP) is 5.81. The Morgan fingerprint density at radius 3 is 2.46 bits per heavy atom. The Bertz CT molecular complexity index is 1390. The molecule has 3 aromatic rings. The van der Waals surface area contributed by atoms with Crippen LogP contribution in [0.15, 0.2) is 72.4 Å². The third kappa shape index (κ3) is 3.76. The highest BCUT2D eigenvalue weighted by molar-refractivity contribution is 6.30. The fourth-order valence-electron chi connectivity index (χ4n) is 5.04. The number of para-hydroxylation sites is 2. The van der Waals surface area contributed by atoms with Gasteiger partial charge in [0.15, 0.2) is 11.5 Å². The van der Waals surface area contributed by atoms with E-state index in [1.165, 1.54) is 6.07 Å². The molecule has 3 aliphatic rings. The summed E-state index contributed by atoms with van der Waals surface area (Å²) in [6.07, 6.45) is 2.31. The molecule has 35 heavy (non-hydrogen) atoms. The fourth-order valence-corrected chi connectivity index (χ4v) is 5.17. The molecule has 0 fully saturated rings. The zero-order chi connectivity index (χ0) is 24.1. The van der Waals surface area contributed by atoms with Crippen LogP contribution in [-0.2, 0) is 4.79 Å². The number of carbonyl (C=O) groups is 1. The van der Waals surface area contributed by atoms with Crippen LogP contribution >= 0.6 is 11.6 Å². The number of ether oxygens (including phenoxy) is 2. The molecule has 2 heterocycles. The van der Waals surface area contributed by atoms with Gasteiger partial charge in [0.25, 0.3) is 5.69 Å². The first-order chi connectivity index (χ1) is 17.0. The van der Waals surface area contributed by atoms with Crippen LogP contribution in [-0.4, -0.2) is 17.5 Å². The minimum absolute atomic E-state index is 0.00525. The number of allylic oxidation sites excluding steroid dienone is 1. The van der Waals surface area contributed by atoms with Gasteiger partial charge in [-0.3, -0.25) is 14.9 Å². The summed E-state index contributed by atoms with van der Waals surface area (Å²) in [5.74, 6) is -0.0831. The maximum absolute atomic E-state index is 13.7. The third-order valence-electron chi connectivity index (χ3n) is 6.69. The third-order valence-corrected chi connectivity index (χ3v) is 6.94. The molecule has 8 nitrogen and oxygen atoms in total. The van der Waals surface area contributed by atoms with E-state index in [2.05, 4.69) is 10.6 Å². The summed E-state index contributed by atoms with van der Waals surface area (Å²) >= 11 is 6.06. The van der Waals surface area contributed by atoms with Gasteiger partial charge in [-0.15, -0.1) is 0 Å². The molecule has 3 unspecified atom stereocenters. The van der Waals surface area contributed by atoms with Crippen molar-refractivity contribution in [1.82, 2.24) is 0 Å². The SMILES string of the molecule is O=C1CC(c2ccc(Cl)cc2)C=C2Nc3ccccc3NC(c3cc4c(cc3[N+](=O)[O-])OCO4)C12. The molecule has 2 N–H and O–H groups in total. The highest BCUT2D eigenvalue weighted by Gasteiger charge is 2.42. The number of fused-ring (bicyclic) bond motifs is 3. The number of hydrogen-bond acceptors (Lipinski definition) is 7. The Labute approximate surface area is 205 Å². The van der Waals surface area contributed by atoms with E-state index in [0.29, 0.717) is 27.8 Å². The van der Waals surface area contributed by atoms with Gasteiger partial charge in [0.2, 0.25) is 6.79 Å². The number of rotatable bonds is 3. The smallest absolute Gasteiger partial charge is 0.278 e. The number of nitrogens with zero attached hydrogens (tertiary/aromatic N) is 1. The quantitative estimate of drug-likeness (QED) is 0.353. The number of Topliss-reactive ketones (excluding diaryl/α,β-unsaturated/α-hetero) is 1. The Morgan fingerprint density at radius 2 is 1.71 bits per heavy atom. The lowest BCUT2D eigenvalue weighted by atomic mass is 9.76. The number of nitro groups is 1. The lowest BCUT2D eigenvalue weighted by Crippen LogP contribution is -2.34. The molecule has 0 bridgehead atoms. The van der Waals surface area contributed by atoms with E-state index in [1.54, 1.807) is 6.07 Å². The summed E-state index contributed by atoms with van der Waals surface area (Å²) in [6.45, 7) is -0.00525. The highest BCUT2D eigenvalue weighted by atomic mass is 35.5. The zero-order valence-corrected chi connectivity index (χ0v) is 19.1. The predicted molar refractivity (Wildman–Crippen MR) is 131 cm³/mol. The molecule has 9 heteroatoms. The summed E-state index contributed by atoms with van der Waals surface area (Å²) in [4.78, 5) is 25.3. The van der Waals surface area contributed by atoms with Gasteiger partial charge in [-0.2, -0.15) is 0 Å². The van der Waals surface area contributed by atoms with Crippen LogP contribution in [0, 0.1) is 16.0 Å². The van der Waals surface area contributed by atoms with E-state index in [4.69, 9.17) is 21.1 Å². The van der Waals surface area contributed by atoms with Crippen LogP contribution in [0.4, 0.5) is 17.1 Å². The Hall–Kier alpha value is -4.04. The number of ketones is 1. The molecule has 0 amide bonds. The van der Waals surface area contributed by atoms with Crippen molar-refractivity contribution < 1.29 is 19.2 Å². The van der Waals surface area contributed by atoms with Gasteiger partial charge in [0.1, 0.15) is 5.78 Å². The number of nitro benzene ring substituents is 1. The fraction of sp³-hybridized carbons (Fsp3) is 0.192. The van der Waals surface area contributed by atoms with E-state index in [1.807, 2.05) is 54.6 Å². The second-order valence-electron chi connectivity index (χ2n) is 8.74. The van der Waals surface area contributed by atoms with Crippen molar-refractivity contribution >= 4 is 34.4 Å². The minimum Gasteiger partial charge on any atom is -0.454 e. The van der Waals surface area contributed by atoms with Crippen molar-refractivity contribution in [2.45, 2.75) is 18.4 Å². The molecule has 0 radical (unpaired) electrons. The summed E-state index contributed by atoms with van der Waals surface area (Å²) in [7, 11) is 0. The molecule has 6 rings (SSSR count). The monoisotopic (exact) mass is 489 g/mol. The topological polar surface area (TPSA) is 103 Å². The van der Waals surface area contributed by atoms with Gasteiger partial charge in [-0.25, -0.2) is 0 Å². The second-order valence-corrected chi connectivity index (χ2v) is 9.18. The lowest BCUT2D eigenvalue weighted by molar-refractivity contribution is -0.385. The first-order valence-corrected chi connectivity index (χ1v) is 11.6. The average molecular weight is 490 g/mol. The van der Waals surface area contributed by atoms with Gasteiger partial charge >= 0.3 is 0 Å². The Morgan fingerprint density at radius 1 is 1.00 bits per heavy atom. The average Bonchev–Trinajstić information content (AvgIpc) is 3.24. The molecule has 0 aromatic heterocycles.